The van der Waals surface area contributed by atoms with E-state index in [1.54, 1.807) is 6.20 Å². The fourth-order valence-electron chi connectivity index (χ4n) is 2.77. The minimum atomic E-state index is -0.787. The smallest absolute Gasteiger partial charge is 0.303 e. The Balaban J connectivity index is 1.96. The lowest BCUT2D eigenvalue weighted by Crippen LogP contribution is -2.01. The maximum absolute atomic E-state index is 10.9. The lowest BCUT2D eigenvalue weighted by Gasteiger charge is -2.13. The lowest BCUT2D eigenvalue weighted by molar-refractivity contribution is -0.136. The molecule has 0 saturated heterocycles. The van der Waals surface area contributed by atoms with Crippen LogP contribution in [-0.4, -0.2) is 27.9 Å². The van der Waals surface area contributed by atoms with Crippen molar-refractivity contribution in [3.8, 4) is 16.9 Å². The van der Waals surface area contributed by atoms with Crippen molar-refractivity contribution in [3.05, 3.63) is 48.2 Å². The van der Waals surface area contributed by atoms with E-state index >= 15 is 0 Å². The molecular formula is C20H22N2O3. The van der Waals surface area contributed by atoms with E-state index < -0.39 is 5.97 Å². The third kappa shape index (κ3) is 4.18. The molecule has 5 nitrogen and oxygen atoms in total. The number of hydrogen-bond donors (Lipinski definition) is 2. The Morgan fingerprint density at radius 2 is 2.12 bits per heavy atom. The summed E-state index contributed by atoms with van der Waals surface area (Å²) in [5.74, 6) is 0.0417. The Hall–Kier alpha value is -2.82. The predicted octanol–water partition coefficient (Wildman–Crippen LogP) is 4.43. The molecule has 2 aromatic carbocycles. The molecule has 0 aliphatic rings. The van der Waals surface area contributed by atoms with Crippen LogP contribution in [0.5, 0.6) is 5.75 Å². The number of H-pyrrole nitrogens is 1. The van der Waals surface area contributed by atoms with Crippen molar-refractivity contribution in [1.82, 2.24) is 10.2 Å². The van der Waals surface area contributed by atoms with Gasteiger partial charge in [0, 0.05) is 17.4 Å². The Bertz CT molecular complexity index is 870. The second kappa shape index (κ2) is 7.83. The van der Waals surface area contributed by atoms with Crippen molar-refractivity contribution >= 4 is 16.9 Å². The highest BCUT2D eigenvalue weighted by atomic mass is 16.5. The number of carbonyl (C=O) groups is 1. The van der Waals surface area contributed by atoms with Gasteiger partial charge in [0.15, 0.2) is 0 Å². The Morgan fingerprint density at radius 3 is 2.92 bits per heavy atom. The number of aromatic amines is 1. The molecule has 130 valence electrons. The molecule has 0 radical (unpaired) electrons. The second-order valence-corrected chi connectivity index (χ2v) is 6.10. The van der Waals surface area contributed by atoms with Gasteiger partial charge in [0.1, 0.15) is 5.75 Å². The van der Waals surface area contributed by atoms with Crippen molar-refractivity contribution in [2.75, 3.05) is 6.61 Å². The zero-order valence-electron chi connectivity index (χ0n) is 14.3. The van der Waals surface area contributed by atoms with Gasteiger partial charge >= 0.3 is 5.97 Å². The minimum absolute atomic E-state index is 0.121. The molecule has 5 heteroatoms. The summed E-state index contributed by atoms with van der Waals surface area (Å²) in [6, 6.07) is 12.0. The van der Waals surface area contributed by atoms with E-state index in [-0.39, 0.29) is 6.42 Å². The monoisotopic (exact) mass is 338 g/mol. The van der Waals surface area contributed by atoms with Gasteiger partial charge in [0.2, 0.25) is 0 Å². The summed E-state index contributed by atoms with van der Waals surface area (Å²) in [4.78, 5) is 10.9. The molecule has 3 rings (SSSR count). The number of nitrogens with zero attached hydrogens (tertiary/aromatic N) is 1. The molecule has 25 heavy (non-hydrogen) atoms. The predicted molar refractivity (Wildman–Crippen MR) is 97.9 cm³/mol. The van der Waals surface area contributed by atoms with Gasteiger partial charge in [-0.15, -0.1) is 0 Å². The molecule has 0 aliphatic heterocycles. The first-order valence-electron chi connectivity index (χ1n) is 8.58. The number of fused-ring (bicyclic) bond motifs is 1. The molecule has 0 atom stereocenters. The lowest BCUT2D eigenvalue weighted by atomic mass is 9.99. The number of benzene rings is 2. The third-order valence-electron chi connectivity index (χ3n) is 4.18. The van der Waals surface area contributed by atoms with E-state index in [1.165, 1.54) is 0 Å². The van der Waals surface area contributed by atoms with Crippen LogP contribution in [0.15, 0.2) is 42.6 Å². The molecule has 0 aliphatic carbocycles. The van der Waals surface area contributed by atoms with Gasteiger partial charge in [-0.05, 0) is 48.2 Å². The molecule has 0 saturated carbocycles. The Labute approximate surface area is 146 Å². The first-order valence-corrected chi connectivity index (χ1v) is 8.58. The summed E-state index contributed by atoms with van der Waals surface area (Å²) in [7, 11) is 0. The number of nitrogens with one attached hydrogen (secondary N) is 1. The minimum Gasteiger partial charge on any atom is -0.493 e. The standard InChI is InChI=1S/C20H22N2O3/c1-2-3-10-25-19-8-4-14(5-9-20(23)24)11-17(19)15-6-7-18-16(12-15)13-21-22-18/h4,6-8,11-13H,2-3,5,9-10H2,1H3,(H,21,22)(H,23,24). The number of rotatable bonds is 8. The van der Waals surface area contributed by atoms with Gasteiger partial charge in [-0.25, -0.2) is 0 Å². The van der Waals surface area contributed by atoms with Crippen LogP contribution in [0.3, 0.4) is 0 Å². The van der Waals surface area contributed by atoms with Gasteiger partial charge in [-0.2, -0.15) is 5.10 Å². The highest BCUT2D eigenvalue weighted by Gasteiger charge is 2.10. The maximum Gasteiger partial charge on any atom is 0.303 e. The zero-order chi connectivity index (χ0) is 17.6. The van der Waals surface area contributed by atoms with E-state index in [0.717, 1.165) is 46.2 Å². The summed E-state index contributed by atoms with van der Waals surface area (Å²) in [6.45, 7) is 2.80. The second-order valence-electron chi connectivity index (χ2n) is 6.10. The van der Waals surface area contributed by atoms with E-state index in [0.29, 0.717) is 13.0 Å². The highest BCUT2D eigenvalue weighted by Crippen LogP contribution is 2.33. The quantitative estimate of drug-likeness (QED) is 0.596. The largest absolute Gasteiger partial charge is 0.493 e. The van der Waals surface area contributed by atoms with Crippen molar-refractivity contribution in [2.45, 2.75) is 32.6 Å². The van der Waals surface area contributed by atoms with Gasteiger partial charge in [0.25, 0.3) is 0 Å². The van der Waals surface area contributed by atoms with Gasteiger partial charge < -0.3 is 9.84 Å². The topological polar surface area (TPSA) is 75.2 Å². The maximum atomic E-state index is 10.9. The fourth-order valence-corrected chi connectivity index (χ4v) is 2.77. The number of carboxylic acid groups (broad SMARTS) is 1. The summed E-state index contributed by atoms with van der Waals surface area (Å²) < 4.78 is 5.97. The van der Waals surface area contributed by atoms with E-state index in [9.17, 15) is 4.79 Å². The van der Waals surface area contributed by atoms with E-state index in [2.05, 4.69) is 23.2 Å². The van der Waals surface area contributed by atoms with Crippen LogP contribution in [0, 0.1) is 0 Å². The van der Waals surface area contributed by atoms with Crippen LogP contribution in [0.25, 0.3) is 22.0 Å². The number of ether oxygens (including phenoxy) is 1. The van der Waals surface area contributed by atoms with Crippen LogP contribution < -0.4 is 4.74 Å². The molecule has 1 heterocycles. The molecule has 0 bridgehead atoms. The molecule has 0 fully saturated rings. The van der Waals surface area contributed by atoms with Crippen molar-refractivity contribution < 1.29 is 14.6 Å². The number of aromatic nitrogens is 2. The number of aliphatic carboxylic acids is 1. The molecule has 2 N–H and O–H groups in total. The van der Waals surface area contributed by atoms with Crippen LogP contribution >= 0.6 is 0 Å². The van der Waals surface area contributed by atoms with Crippen LogP contribution in [0.2, 0.25) is 0 Å². The molecule has 0 amide bonds. The van der Waals surface area contributed by atoms with Crippen molar-refractivity contribution in [3.63, 3.8) is 0 Å². The van der Waals surface area contributed by atoms with Crippen molar-refractivity contribution in [1.29, 1.82) is 0 Å². The third-order valence-corrected chi connectivity index (χ3v) is 4.18. The van der Waals surface area contributed by atoms with E-state index in [1.807, 2.05) is 30.3 Å². The van der Waals surface area contributed by atoms with Gasteiger partial charge in [0.05, 0.1) is 18.3 Å². The summed E-state index contributed by atoms with van der Waals surface area (Å²) in [5, 5.41) is 17.0. The van der Waals surface area contributed by atoms with Crippen molar-refractivity contribution in [2.24, 2.45) is 0 Å². The summed E-state index contributed by atoms with van der Waals surface area (Å²) in [6.07, 6.45) is 4.50. The number of hydrogen-bond acceptors (Lipinski definition) is 3. The zero-order valence-corrected chi connectivity index (χ0v) is 14.3. The van der Waals surface area contributed by atoms with Crippen LogP contribution in [-0.2, 0) is 11.2 Å². The van der Waals surface area contributed by atoms with Crippen LogP contribution in [0.4, 0.5) is 0 Å². The van der Waals surface area contributed by atoms with Crippen LogP contribution in [0.1, 0.15) is 31.7 Å². The normalized spacial score (nSPS) is 10.9. The highest BCUT2D eigenvalue weighted by molar-refractivity contribution is 5.85. The van der Waals surface area contributed by atoms with E-state index in [4.69, 9.17) is 9.84 Å². The SMILES string of the molecule is CCCCOc1ccc(CCC(=O)O)cc1-c1ccc2[nH]ncc2c1. The number of unbranched alkanes of at least 4 members (excludes halogenated alkanes) is 1. The average molecular weight is 338 g/mol. The molecule has 1 aromatic heterocycles. The molecular weight excluding hydrogens is 316 g/mol. The first-order chi connectivity index (χ1) is 12.2. The Morgan fingerprint density at radius 1 is 1.24 bits per heavy atom. The fraction of sp³-hybridized carbons (Fsp3) is 0.300. The molecule has 0 unspecified atom stereocenters. The summed E-state index contributed by atoms with van der Waals surface area (Å²) in [5.41, 5.74) is 4.01. The average Bonchev–Trinajstić information content (AvgIpc) is 3.08. The molecule has 3 aromatic rings. The van der Waals surface area contributed by atoms with Gasteiger partial charge in [-0.3, -0.25) is 9.89 Å². The summed E-state index contributed by atoms with van der Waals surface area (Å²) >= 11 is 0. The number of aryl methyl sites for hydroxylation is 1. The first kappa shape index (κ1) is 17.0. The van der Waals surface area contributed by atoms with Gasteiger partial charge in [-0.1, -0.05) is 25.5 Å². The molecule has 0 spiro atoms. The Kier molecular flexibility index (Phi) is 5.33. The number of carboxylic acids is 1.